The molecule has 0 saturated heterocycles. The van der Waals surface area contributed by atoms with Crippen LogP contribution in [0.2, 0.25) is 0 Å². The number of rotatable bonds is 4. The fraction of sp³-hybridized carbons (Fsp3) is 0.364. The zero-order chi connectivity index (χ0) is 13.1. The summed E-state index contributed by atoms with van der Waals surface area (Å²) in [6.45, 7) is 1.79. The van der Waals surface area contributed by atoms with E-state index in [0.29, 0.717) is 5.52 Å². The second kappa shape index (κ2) is 5.01. The van der Waals surface area contributed by atoms with Crippen molar-refractivity contribution in [2.24, 2.45) is 0 Å². The molecule has 2 heterocycles. The highest BCUT2D eigenvalue weighted by Gasteiger charge is 2.08. The number of fused-ring (bicyclic) bond motifs is 1. The zero-order valence-electron chi connectivity index (χ0n) is 9.96. The molecule has 0 bridgehead atoms. The van der Waals surface area contributed by atoms with Crippen LogP contribution < -0.4 is 10.9 Å². The molecule has 0 unspecified atom stereocenters. The van der Waals surface area contributed by atoms with Crippen LogP contribution in [-0.4, -0.2) is 38.3 Å². The van der Waals surface area contributed by atoms with E-state index in [4.69, 9.17) is 5.11 Å². The van der Waals surface area contributed by atoms with Gasteiger partial charge in [0.05, 0.1) is 12.3 Å². The summed E-state index contributed by atoms with van der Waals surface area (Å²) >= 11 is 0. The van der Waals surface area contributed by atoms with Gasteiger partial charge in [0.25, 0.3) is 5.56 Å². The fourth-order valence-corrected chi connectivity index (χ4v) is 1.68. The Labute approximate surface area is 103 Å². The van der Waals surface area contributed by atoms with Gasteiger partial charge in [-0.05, 0) is 13.0 Å². The molecule has 2 rings (SSSR count). The minimum absolute atomic E-state index is 0.0699. The van der Waals surface area contributed by atoms with E-state index in [1.54, 1.807) is 19.2 Å². The Morgan fingerprint density at radius 3 is 3.00 bits per heavy atom. The number of nitrogens with zero attached hydrogens (tertiary/aromatic N) is 3. The molecule has 0 fully saturated rings. The highest BCUT2D eigenvalue weighted by Crippen LogP contribution is 1.99. The maximum Gasteiger partial charge on any atom is 0.277 e. The van der Waals surface area contributed by atoms with Gasteiger partial charge < -0.3 is 15.0 Å². The van der Waals surface area contributed by atoms with Crippen molar-refractivity contribution in [1.82, 2.24) is 19.5 Å². The van der Waals surface area contributed by atoms with E-state index in [9.17, 15) is 9.59 Å². The number of carbonyl (C=O) groups excluding carboxylic acids is 1. The lowest BCUT2D eigenvalue weighted by atomic mass is 10.4. The molecule has 2 N–H and O–H groups in total. The first kappa shape index (κ1) is 12.3. The van der Waals surface area contributed by atoms with Gasteiger partial charge in [-0.15, -0.1) is 0 Å². The van der Waals surface area contributed by atoms with Crippen molar-refractivity contribution >= 4 is 11.4 Å². The summed E-state index contributed by atoms with van der Waals surface area (Å²) in [5.41, 5.74) is 0.914. The minimum Gasteiger partial charge on any atom is -0.395 e. The van der Waals surface area contributed by atoms with Gasteiger partial charge in [-0.3, -0.25) is 9.59 Å². The molecule has 0 aliphatic heterocycles. The number of carbonyl (C=O) groups is 1. The summed E-state index contributed by atoms with van der Waals surface area (Å²) in [6.07, 6.45) is 3.14. The molecule has 0 spiro atoms. The molecule has 1 amide bonds. The third kappa shape index (κ3) is 2.40. The Morgan fingerprint density at radius 2 is 2.28 bits per heavy atom. The van der Waals surface area contributed by atoms with Crippen molar-refractivity contribution in [2.75, 3.05) is 13.2 Å². The molecule has 0 radical (unpaired) electrons. The normalized spacial score (nSPS) is 10.8. The van der Waals surface area contributed by atoms with Crippen molar-refractivity contribution in [3.05, 3.63) is 34.5 Å². The average molecular weight is 250 g/mol. The van der Waals surface area contributed by atoms with Gasteiger partial charge in [0.2, 0.25) is 5.91 Å². The van der Waals surface area contributed by atoms with Gasteiger partial charge in [0, 0.05) is 18.9 Å². The van der Waals surface area contributed by atoms with E-state index < -0.39 is 0 Å². The third-order valence-electron chi connectivity index (χ3n) is 2.47. The number of hydrogen-bond donors (Lipinski definition) is 2. The Morgan fingerprint density at radius 1 is 1.50 bits per heavy atom. The number of nitrogens with one attached hydrogen (secondary N) is 1. The van der Waals surface area contributed by atoms with Crippen LogP contribution in [0.25, 0.3) is 5.52 Å². The summed E-state index contributed by atoms with van der Waals surface area (Å²) in [5.74, 6) is -0.313. The first-order valence-corrected chi connectivity index (χ1v) is 5.55. The van der Waals surface area contributed by atoms with E-state index in [1.807, 2.05) is 0 Å². The van der Waals surface area contributed by atoms with Crippen molar-refractivity contribution < 1.29 is 9.90 Å². The van der Waals surface area contributed by atoms with Crippen LogP contribution in [0.15, 0.2) is 23.3 Å². The van der Waals surface area contributed by atoms with Crippen molar-refractivity contribution in [2.45, 2.75) is 13.5 Å². The van der Waals surface area contributed by atoms with Crippen LogP contribution >= 0.6 is 0 Å². The second-order valence-electron chi connectivity index (χ2n) is 3.92. The molecule has 0 aliphatic rings. The summed E-state index contributed by atoms with van der Waals surface area (Å²) < 4.78 is 2.79. The van der Waals surface area contributed by atoms with Crippen molar-refractivity contribution in [3.8, 4) is 0 Å². The van der Waals surface area contributed by atoms with E-state index in [1.165, 1.54) is 15.3 Å². The Balaban J connectivity index is 2.26. The molecule has 0 aliphatic carbocycles. The molecular weight excluding hydrogens is 236 g/mol. The number of aliphatic hydroxyl groups excluding tert-OH is 1. The van der Waals surface area contributed by atoms with E-state index in [-0.39, 0.29) is 31.2 Å². The quantitative estimate of drug-likeness (QED) is 0.722. The van der Waals surface area contributed by atoms with E-state index in [2.05, 4.69) is 10.4 Å². The van der Waals surface area contributed by atoms with Gasteiger partial charge in [-0.25, -0.2) is 4.52 Å². The number of aliphatic hydroxyl groups is 1. The van der Waals surface area contributed by atoms with Gasteiger partial charge in [0.1, 0.15) is 12.1 Å². The predicted octanol–water partition coefficient (Wildman–Crippen LogP) is -1.09. The van der Waals surface area contributed by atoms with Gasteiger partial charge in [0.15, 0.2) is 0 Å². The molecule has 7 heteroatoms. The first-order valence-electron chi connectivity index (χ1n) is 5.55. The molecule has 18 heavy (non-hydrogen) atoms. The van der Waals surface area contributed by atoms with Crippen molar-refractivity contribution in [1.29, 1.82) is 0 Å². The Bertz CT molecular complexity index is 629. The monoisotopic (exact) mass is 250 g/mol. The van der Waals surface area contributed by atoms with Crippen LogP contribution in [0.3, 0.4) is 0 Å². The van der Waals surface area contributed by atoms with Crippen LogP contribution in [0.4, 0.5) is 0 Å². The first-order chi connectivity index (χ1) is 8.61. The fourth-order valence-electron chi connectivity index (χ4n) is 1.68. The molecule has 0 saturated carbocycles. The van der Waals surface area contributed by atoms with E-state index in [0.717, 1.165) is 5.69 Å². The van der Waals surface area contributed by atoms with Crippen LogP contribution in [-0.2, 0) is 11.3 Å². The van der Waals surface area contributed by atoms with Crippen LogP contribution in [0.5, 0.6) is 0 Å². The predicted molar refractivity (Wildman–Crippen MR) is 64.3 cm³/mol. The molecule has 0 aromatic carbocycles. The van der Waals surface area contributed by atoms with Gasteiger partial charge in [-0.2, -0.15) is 5.10 Å². The smallest absolute Gasteiger partial charge is 0.277 e. The second-order valence-corrected chi connectivity index (χ2v) is 3.92. The summed E-state index contributed by atoms with van der Waals surface area (Å²) in [6, 6.07) is 1.67. The number of aryl methyl sites for hydroxylation is 1. The van der Waals surface area contributed by atoms with Gasteiger partial charge >= 0.3 is 0 Å². The molecule has 96 valence electrons. The van der Waals surface area contributed by atoms with Crippen LogP contribution in [0, 0.1) is 6.92 Å². The van der Waals surface area contributed by atoms with Crippen LogP contribution in [0.1, 0.15) is 5.69 Å². The van der Waals surface area contributed by atoms with Crippen molar-refractivity contribution in [3.63, 3.8) is 0 Å². The SMILES string of the molecule is Cc1cc2c(=O)n(CC(=O)NCCO)ccn2n1. The molecule has 0 atom stereocenters. The lowest BCUT2D eigenvalue weighted by molar-refractivity contribution is -0.121. The molecular formula is C11H14N4O3. The lowest BCUT2D eigenvalue weighted by Gasteiger charge is -2.06. The van der Waals surface area contributed by atoms with Gasteiger partial charge in [-0.1, -0.05) is 0 Å². The molecule has 7 nitrogen and oxygen atoms in total. The number of amides is 1. The molecule has 2 aromatic heterocycles. The summed E-state index contributed by atoms with van der Waals surface area (Å²) in [5, 5.41) is 15.2. The Kier molecular flexibility index (Phi) is 3.42. The molecule has 2 aromatic rings. The standard InChI is InChI=1S/C11H14N4O3/c1-8-6-9-11(18)14(3-4-15(9)13-8)7-10(17)12-2-5-16/h3-4,6,16H,2,5,7H2,1H3,(H,12,17). The minimum atomic E-state index is -0.313. The van der Waals surface area contributed by atoms with E-state index >= 15 is 0 Å². The number of aromatic nitrogens is 3. The average Bonchev–Trinajstić information content (AvgIpc) is 2.72. The maximum absolute atomic E-state index is 12.0. The largest absolute Gasteiger partial charge is 0.395 e. The third-order valence-corrected chi connectivity index (χ3v) is 2.47. The highest BCUT2D eigenvalue weighted by atomic mass is 16.3. The maximum atomic E-state index is 12.0. The highest BCUT2D eigenvalue weighted by molar-refractivity contribution is 5.75. The summed E-state index contributed by atoms with van der Waals surface area (Å²) in [7, 11) is 0. The zero-order valence-corrected chi connectivity index (χ0v) is 9.96. The number of hydrogen-bond acceptors (Lipinski definition) is 4. The Hall–Kier alpha value is -2.15. The summed E-state index contributed by atoms with van der Waals surface area (Å²) in [4.78, 5) is 23.5. The topological polar surface area (TPSA) is 88.6 Å². The lowest BCUT2D eigenvalue weighted by Crippen LogP contribution is -2.33.